The fourth-order valence-corrected chi connectivity index (χ4v) is 9.88. The Kier molecular flexibility index (Phi) is 7.45. The number of anilines is 3. The summed E-state index contributed by atoms with van der Waals surface area (Å²) < 4.78 is 2.40. The fourth-order valence-electron chi connectivity index (χ4n) is 9.88. The van der Waals surface area contributed by atoms with Crippen LogP contribution in [0.4, 0.5) is 17.1 Å². The van der Waals surface area contributed by atoms with Gasteiger partial charge in [-0.3, -0.25) is 4.57 Å². The zero-order valence-corrected chi connectivity index (χ0v) is 32.2. The normalized spacial score (nSPS) is 14.5. The first-order chi connectivity index (χ1) is 29.3. The van der Waals surface area contributed by atoms with Gasteiger partial charge in [0.2, 0.25) is 0 Å². The van der Waals surface area contributed by atoms with Crippen LogP contribution in [0.15, 0.2) is 224 Å². The fraction of sp³-hybridized carbons (Fsp3) is 0.0179. The number of aromatic nitrogens is 2. The molecule has 3 nitrogen and oxygen atoms in total. The number of rotatable bonds is 6. The van der Waals surface area contributed by atoms with Gasteiger partial charge >= 0.3 is 0 Å². The Labute approximate surface area is 343 Å². The van der Waals surface area contributed by atoms with Crippen molar-refractivity contribution in [1.82, 2.24) is 9.55 Å². The monoisotopic (exact) mass is 751 g/mol. The van der Waals surface area contributed by atoms with Crippen LogP contribution >= 0.6 is 0 Å². The summed E-state index contributed by atoms with van der Waals surface area (Å²) in [6.45, 7) is 0. The molecule has 0 saturated heterocycles. The van der Waals surface area contributed by atoms with Crippen LogP contribution in [0.2, 0.25) is 0 Å². The molecule has 9 aromatic carbocycles. The molecule has 276 valence electrons. The number of benzene rings is 9. The van der Waals surface area contributed by atoms with Crippen molar-refractivity contribution in [1.29, 1.82) is 0 Å². The van der Waals surface area contributed by atoms with Gasteiger partial charge in [-0.15, -0.1) is 0 Å². The SMILES string of the molecule is c1ccc(-c2ccc(N(c3ccc(-c4ccccc4)cc3)c3ccc4c(c3)C3(c5ccccc5-4)c4ccccc4-n4c(-c5ccccc5)nc5cccc3c54)cc2)cc1. The highest BCUT2D eigenvalue weighted by molar-refractivity contribution is 5.98. The average Bonchev–Trinajstić information content (AvgIpc) is 3.85. The highest BCUT2D eigenvalue weighted by Gasteiger charge is 2.51. The molecule has 1 unspecified atom stereocenters. The van der Waals surface area contributed by atoms with Gasteiger partial charge in [-0.05, 0) is 104 Å². The minimum absolute atomic E-state index is 0.581. The zero-order valence-electron chi connectivity index (χ0n) is 32.2. The van der Waals surface area contributed by atoms with E-state index in [1.165, 1.54) is 55.6 Å². The van der Waals surface area contributed by atoms with E-state index in [0.717, 1.165) is 45.2 Å². The van der Waals surface area contributed by atoms with Gasteiger partial charge in [-0.25, -0.2) is 4.98 Å². The molecule has 0 radical (unpaired) electrons. The van der Waals surface area contributed by atoms with E-state index in [2.05, 4.69) is 234 Å². The molecule has 12 rings (SSSR count). The van der Waals surface area contributed by atoms with Crippen molar-refractivity contribution in [2.24, 2.45) is 0 Å². The molecule has 0 fully saturated rings. The molecule has 2 aliphatic rings. The van der Waals surface area contributed by atoms with Gasteiger partial charge in [0.25, 0.3) is 0 Å². The Morgan fingerprint density at radius 3 is 1.49 bits per heavy atom. The summed E-state index contributed by atoms with van der Waals surface area (Å²) in [6.07, 6.45) is 0. The summed E-state index contributed by atoms with van der Waals surface area (Å²) in [4.78, 5) is 7.77. The van der Waals surface area contributed by atoms with E-state index in [1.807, 2.05) is 0 Å². The number of nitrogens with zero attached hydrogens (tertiary/aromatic N) is 3. The maximum absolute atomic E-state index is 5.36. The van der Waals surface area contributed by atoms with Gasteiger partial charge in [0.15, 0.2) is 0 Å². The van der Waals surface area contributed by atoms with Gasteiger partial charge in [0.05, 0.1) is 22.1 Å². The van der Waals surface area contributed by atoms with E-state index in [0.29, 0.717) is 0 Å². The third-order valence-electron chi connectivity index (χ3n) is 12.4. The molecule has 2 heterocycles. The molecule has 0 amide bonds. The van der Waals surface area contributed by atoms with Gasteiger partial charge in [0, 0.05) is 22.6 Å². The van der Waals surface area contributed by atoms with Crippen molar-refractivity contribution in [2.45, 2.75) is 5.41 Å². The lowest BCUT2D eigenvalue weighted by molar-refractivity contribution is 0.746. The van der Waals surface area contributed by atoms with Crippen molar-refractivity contribution in [3.05, 3.63) is 247 Å². The third kappa shape index (κ3) is 4.98. The van der Waals surface area contributed by atoms with Crippen LogP contribution in [-0.4, -0.2) is 9.55 Å². The van der Waals surface area contributed by atoms with Gasteiger partial charge in [-0.1, -0.05) is 176 Å². The lowest BCUT2D eigenvalue weighted by atomic mass is 9.65. The molecule has 3 heteroatoms. The average molecular weight is 752 g/mol. The summed E-state index contributed by atoms with van der Waals surface area (Å²) in [6, 6.07) is 81.6. The van der Waals surface area contributed by atoms with Crippen LogP contribution in [0, 0.1) is 0 Å². The molecular weight excluding hydrogens is 715 g/mol. The first-order valence-electron chi connectivity index (χ1n) is 20.3. The topological polar surface area (TPSA) is 21.1 Å². The number of para-hydroxylation sites is 2. The summed E-state index contributed by atoms with van der Waals surface area (Å²) in [5.74, 6) is 0.958. The van der Waals surface area contributed by atoms with E-state index in [-0.39, 0.29) is 0 Å². The minimum atomic E-state index is -0.581. The molecule has 1 spiro atoms. The highest BCUT2D eigenvalue weighted by atomic mass is 15.1. The molecule has 1 aliphatic carbocycles. The number of imidazole rings is 1. The molecule has 1 aliphatic heterocycles. The molecular formula is C56H37N3. The Bertz CT molecular complexity index is 3100. The van der Waals surface area contributed by atoms with E-state index in [1.54, 1.807) is 0 Å². The largest absolute Gasteiger partial charge is 0.310 e. The maximum Gasteiger partial charge on any atom is 0.145 e. The zero-order chi connectivity index (χ0) is 38.9. The van der Waals surface area contributed by atoms with Gasteiger partial charge in [-0.2, -0.15) is 0 Å². The summed E-state index contributed by atoms with van der Waals surface area (Å²) in [5.41, 5.74) is 19.5. The number of hydrogen-bond donors (Lipinski definition) is 0. The highest BCUT2D eigenvalue weighted by Crippen LogP contribution is 2.61. The molecule has 1 aromatic heterocycles. The van der Waals surface area contributed by atoms with E-state index < -0.39 is 5.41 Å². The van der Waals surface area contributed by atoms with E-state index in [9.17, 15) is 0 Å². The standard InChI is InChI=1S/C56H37N3/c1-4-15-38(16-5-1)40-27-31-43(32-28-40)58(44-33-29-41(30-34-44)39-17-6-2-7-18-39)45-35-36-47-46-21-10-11-22-48(46)56(51(47)37-45)49-23-12-13-26-53(49)59-54-50(56)24-14-25-52(54)57-55(59)42-19-8-3-9-20-42/h1-37H. The predicted molar refractivity (Wildman–Crippen MR) is 243 cm³/mol. The van der Waals surface area contributed by atoms with Crippen molar-refractivity contribution < 1.29 is 0 Å². The first kappa shape index (κ1) is 33.4. The molecule has 0 bridgehead atoms. The number of fused-ring (bicyclic) bond motifs is 9. The third-order valence-corrected chi connectivity index (χ3v) is 12.4. The molecule has 10 aromatic rings. The van der Waals surface area contributed by atoms with Gasteiger partial charge in [0.1, 0.15) is 5.82 Å². The minimum Gasteiger partial charge on any atom is -0.310 e. The maximum atomic E-state index is 5.36. The molecule has 0 saturated carbocycles. The van der Waals surface area contributed by atoms with Crippen molar-refractivity contribution >= 4 is 28.1 Å². The molecule has 59 heavy (non-hydrogen) atoms. The predicted octanol–water partition coefficient (Wildman–Crippen LogP) is 14.2. The number of hydrogen-bond acceptors (Lipinski definition) is 2. The second-order valence-electron chi connectivity index (χ2n) is 15.5. The van der Waals surface area contributed by atoms with Crippen LogP contribution < -0.4 is 4.90 Å². The van der Waals surface area contributed by atoms with Crippen LogP contribution in [0.1, 0.15) is 22.3 Å². The second-order valence-corrected chi connectivity index (χ2v) is 15.5. The van der Waals surface area contributed by atoms with Crippen LogP contribution in [-0.2, 0) is 5.41 Å². The Morgan fingerprint density at radius 1 is 0.356 bits per heavy atom. The second kappa shape index (κ2) is 13.2. The lowest BCUT2D eigenvalue weighted by Crippen LogP contribution is -2.33. The Balaban J connectivity index is 1.10. The van der Waals surface area contributed by atoms with E-state index in [4.69, 9.17) is 4.98 Å². The van der Waals surface area contributed by atoms with Crippen molar-refractivity contribution in [2.75, 3.05) is 4.90 Å². The van der Waals surface area contributed by atoms with Gasteiger partial charge < -0.3 is 4.90 Å². The van der Waals surface area contributed by atoms with Crippen LogP contribution in [0.25, 0.3) is 61.5 Å². The Hall–Kier alpha value is -7.75. The molecule has 1 atom stereocenters. The molecule has 0 N–H and O–H groups in total. The quantitative estimate of drug-likeness (QED) is 0.169. The lowest BCUT2D eigenvalue weighted by Gasteiger charge is -2.39. The smallest absolute Gasteiger partial charge is 0.145 e. The Morgan fingerprint density at radius 2 is 0.847 bits per heavy atom. The van der Waals surface area contributed by atoms with Crippen LogP contribution in [0.5, 0.6) is 0 Å². The summed E-state index contributed by atoms with van der Waals surface area (Å²) in [5, 5.41) is 0. The summed E-state index contributed by atoms with van der Waals surface area (Å²) >= 11 is 0. The van der Waals surface area contributed by atoms with E-state index >= 15 is 0 Å². The van der Waals surface area contributed by atoms with Crippen molar-refractivity contribution in [3.8, 4) is 50.5 Å². The first-order valence-corrected chi connectivity index (χ1v) is 20.3. The van der Waals surface area contributed by atoms with Crippen molar-refractivity contribution in [3.63, 3.8) is 0 Å². The van der Waals surface area contributed by atoms with Crippen LogP contribution in [0.3, 0.4) is 0 Å². The summed E-state index contributed by atoms with van der Waals surface area (Å²) in [7, 11) is 0.